The lowest BCUT2D eigenvalue weighted by molar-refractivity contribution is -0.126. The zero-order valence-corrected chi connectivity index (χ0v) is 13.7. The summed E-state index contributed by atoms with van der Waals surface area (Å²) < 4.78 is 5.38. The van der Waals surface area contributed by atoms with E-state index in [4.69, 9.17) is 4.74 Å². The maximum Gasteiger partial charge on any atom is 0.360 e. The van der Waals surface area contributed by atoms with E-state index in [2.05, 4.69) is 10.2 Å². The quantitative estimate of drug-likeness (QED) is 0.747. The van der Waals surface area contributed by atoms with Crippen molar-refractivity contribution in [3.8, 4) is 0 Å². The summed E-state index contributed by atoms with van der Waals surface area (Å²) in [5, 5.41) is 7.49. The van der Waals surface area contributed by atoms with Crippen LogP contribution in [0.25, 0.3) is 10.9 Å². The van der Waals surface area contributed by atoms with Crippen LogP contribution < -0.4 is 4.90 Å². The van der Waals surface area contributed by atoms with Crippen molar-refractivity contribution >= 4 is 28.5 Å². The average molecular weight is 335 g/mol. The van der Waals surface area contributed by atoms with Gasteiger partial charge in [-0.05, 0) is 31.0 Å². The van der Waals surface area contributed by atoms with Crippen molar-refractivity contribution < 1.29 is 14.3 Å². The number of aromatic amines is 1. The van der Waals surface area contributed by atoms with Crippen LogP contribution in [-0.4, -0.2) is 34.7 Å². The smallest absolute Gasteiger partial charge is 0.360 e. The predicted molar refractivity (Wildman–Crippen MR) is 93.5 cm³/mol. The molecular formula is C19H17N3O3. The van der Waals surface area contributed by atoms with E-state index in [9.17, 15) is 9.59 Å². The molecule has 2 aromatic carbocycles. The third-order valence-electron chi connectivity index (χ3n) is 4.45. The maximum atomic E-state index is 12.7. The van der Waals surface area contributed by atoms with Crippen LogP contribution in [0.1, 0.15) is 23.0 Å². The zero-order chi connectivity index (χ0) is 17.4. The SMILES string of the molecule is C[C@H](OC(=O)c1n[nH]c2ccccc12)C(=O)N1CCc2ccccc21. The van der Waals surface area contributed by atoms with Gasteiger partial charge in [-0.25, -0.2) is 4.79 Å². The van der Waals surface area contributed by atoms with Gasteiger partial charge in [-0.15, -0.1) is 0 Å². The van der Waals surface area contributed by atoms with Crippen LogP contribution in [0.2, 0.25) is 0 Å². The topological polar surface area (TPSA) is 75.3 Å². The van der Waals surface area contributed by atoms with E-state index in [-0.39, 0.29) is 11.6 Å². The molecule has 3 aromatic rings. The van der Waals surface area contributed by atoms with E-state index >= 15 is 0 Å². The fourth-order valence-electron chi connectivity index (χ4n) is 3.17. The van der Waals surface area contributed by atoms with Crippen molar-refractivity contribution in [2.75, 3.05) is 11.4 Å². The van der Waals surface area contributed by atoms with Gasteiger partial charge in [0.15, 0.2) is 11.8 Å². The van der Waals surface area contributed by atoms with Gasteiger partial charge in [-0.3, -0.25) is 9.89 Å². The van der Waals surface area contributed by atoms with Gasteiger partial charge in [0.05, 0.1) is 5.52 Å². The van der Waals surface area contributed by atoms with E-state index in [0.717, 1.165) is 23.2 Å². The molecule has 1 aliphatic rings. The minimum atomic E-state index is -0.880. The lowest BCUT2D eigenvalue weighted by atomic mass is 10.2. The van der Waals surface area contributed by atoms with Crippen LogP contribution in [0.5, 0.6) is 0 Å². The second-order valence-corrected chi connectivity index (χ2v) is 6.03. The molecule has 0 bridgehead atoms. The molecule has 1 atom stereocenters. The van der Waals surface area contributed by atoms with Gasteiger partial charge in [0.25, 0.3) is 5.91 Å². The average Bonchev–Trinajstić information content (AvgIpc) is 3.25. The van der Waals surface area contributed by atoms with E-state index < -0.39 is 12.1 Å². The Balaban J connectivity index is 1.51. The fourth-order valence-corrected chi connectivity index (χ4v) is 3.17. The van der Waals surface area contributed by atoms with Crippen LogP contribution in [0.4, 0.5) is 5.69 Å². The summed E-state index contributed by atoms with van der Waals surface area (Å²) in [6, 6.07) is 15.1. The molecular weight excluding hydrogens is 318 g/mol. The Kier molecular flexibility index (Phi) is 3.72. The summed E-state index contributed by atoms with van der Waals surface area (Å²) in [6.45, 7) is 2.20. The largest absolute Gasteiger partial charge is 0.448 e. The van der Waals surface area contributed by atoms with E-state index in [1.807, 2.05) is 42.5 Å². The van der Waals surface area contributed by atoms with E-state index in [1.54, 1.807) is 17.9 Å². The number of benzene rings is 2. The molecule has 0 unspecified atom stereocenters. The highest BCUT2D eigenvalue weighted by Crippen LogP contribution is 2.28. The molecule has 0 spiro atoms. The molecule has 1 aromatic heterocycles. The first kappa shape index (κ1) is 15.4. The lowest BCUT2D eigenvalue weighted by Gasteiger charge is -2.21. The van der Waals surface area contributed by atoms with Crippen LogP contribution >= 0.6 is 0 Å². The van der Waals surface area contributed by atoms with Crippen molar-refractivity contribution in [2.45, 2.75) is 19.4 Å². The van der Waals surface area contributed by atoms with Crippen LogP contribution in [0.15, 0.2) is 48.5 Å². The molecule has 6 heteroatoms. The number of anilines is 1. The zero-order valence-electron chi connectivity index (χ0n) is 13.7. The van der Waals surface area contributed by atoms with Gasteiger partial charge in [-0.1, -0.05) is 36.4 Å². The Morgan fingerprint density at radius 2 is 1.92 bits per heavy atom. The molecule has 0 radical (unpaired) electrons. The molecule has 1 aliphatic heterocycles. The molecule has 4 rings (SSSR count). The minimum absolute atomic E-state index is 0.192. The minimum Gasteiger partial charge on any atom is -0.448 e. The summed E-state index contributed by atoms with van der Waals surface area (Å²) in [4.78, 5) is 26.8. The second-order valence-electron chi connectivity index (χ2n) is 6.03. The highest BCUT2D eigenvalue weighted by Gasteiger charge is 2.30. The summed E-state index contributed by atoms with van der Waals surface area (Å²) in [7, 11) is 0. The highest BCUT2D eigenvalue weighted by atomic mass is 16.5. The number of esters is 1. The summed E-state index contributed by atoms with van der Waals surface area (Å²) in [5.74, 6) is -0.830. The Hall–Kier alpha value is -3.15. The van der Waals surface area contributed by atoms with E-state index in [1.165, 1.54) is 0 Å². The number of aromatic nitrogens is 2. The fraction of sp³-hybridized carbons (Fsp3) is 0.211. The molecule has 1 amide bonds. The number of ether oxygens (including phenoxy) is 1. The number of nitrogens with zero attached hydrogens (tertiary/aromatic N) is 2. The molecule has 2 heterocycles. The number of H-pyrrole nitrogens is 1. The standard InChI is InChI=1S/C19H17N3O3/c1-12(18(23)22-11-10-13-6-2-5-9-16(13)22)25-19(24)17-14-7-3-4-8-15(14)20-21-17/h2-9,12H,10-11H2,1H3,(H,20,21)/t12-/m0/s1. The molecule has 0 fully saturated rings. The normalized spacial score (nSPS) is 14.4. The van der Waals surface area contributed by atoms with Gasteiger partial charge in [0.1, 0.15) is 0 Å². The number of para-hydroxylation sites is 2. The molecule has 6 nitrogen and oxygen atoms in total. The molecule has 0 saturated carbocycles. The Morgan fingerprint density at radius 3 is 2.80 bits per heavy atom. The van der Waals surface area contributed by atoms with Crippen LogP contribution in [-0.2, 0) is 16.0 Å². The van der Waals surface area contributed by atoms with Crippen molar-refractivity contribution in [3.05, 3.63) is 59.8 Å². The monoisotopic (exact) mass is 335 g/mol. The summed E-state index contributed by atoms with van der Waals surface area (Å²) in [5.41, 5.74) is 2.97. The van der Waals surface area contributed by atoms with Crippen molar-refractivity contribution in [2.24, 2.45) is 0 Å². The Labute approximate surface area is 144 Å². The lowest BCUT2D eigenvalue weighted by Crippen LogP contribution is -2.39. The van der Waals surface area contributed by atoms with Gasteiger partial charge in [0, 0.05) is 17.6 Å². The number of amides is 1. The van der Waals surface area contributed by atoms with Crippen molar-refractivity contribution in [3.63, 3.8) is 0 Å². The van der Waals surface area contributed by atoms with Gasteiger partial charge in [0.2, 0.25) is 0 Å². The van der Waals surface area contributed by atoms with E-state index in [0.29, 0.717) is 11.9 Å². The summed E-state index contributed by atoms with van der Waals surface area (Å²) in [6.07, 6.45) is -0.0684. The Morgan fingerprint density at radius 1 is 1.16 bits per heavy atom. The molecule has 126 valence electrons. The number of rotatable bonds is 3. The molecule has 25 heavy (non-hydrogen) atoms. The predicted octanol–water partition coefficient (Wildman–Crippen LogP) is 2.70. The third-order valence-corrected chi connectivity index (χ3v) is 4.45. The first-order chi connectivity index (χ1) is 12.1. The maximum absolute atomic E-state index is 12.7. The third kappa shape index (κ3) is 2.65. The number of carbonyl (C=O) groups is 2. The first-order valence-corrected chi connectivity index (χ1v) is 8.18. The van der Waals surface area contributed by atoms with Gasteiger partial charge >= 0.3 is 5.97 Å². The molecule has 0 saturated heterocycles. The number of hydrogen-bond donors (Lipinski definition) is 1. The highest BCUT2D eigenvalue weighted by molar-refractivity contribution is 6.04. The summed E-state index contributed by atoms with van der Waals surface area (Å²) >= 11 is 0. The number of fused-ring (bicyclic) bond motifs is 2. The van der Waals surface area contributed by atoms with Crippen LogP contribution in [0, 0.1) is 0 Å². The van der Waals surface area contributed by atoms with Crippen molar-refractivity contribution in [1.82, 2.24) is 10.2 Å². The van der Waals surface area contributed by atoms with Gasteiger partial charge < -0.3 is 9.64 Å². The van der Waals surface area contributed by atoms with Crippen molar-refractivity contribution in [1.29, 1.82) is 0 Å². The number of nitrogens with one attached hydrogen (secondary N) is 1. The first-order valence-electron chi connectivity index (χ1n) is 8.18. The van der Waals surface area contributed by atoms with Gasteiger partial charge in [-0.2, -0.15) is 5.10 Å². The van der Waals surface area contributed by atoms with Crippen LogP contribution in [0.3, 0.4) is 0 Å². The number of carbonyl (C=O) groups excluding carboxylic acids is 2. The number of hydrogen-bond acceptors (Lipinski definition) is 4. The second kappa shape index (κ2) is 6.05. The molecule has 0 aliphatic carbocycles. The Bertz CT molecular complexity index is 963. The molecule has 1 N–H and O–H groups in total.